The summed E-state index contributed by atoms with van der Waals surface area (Å²) in [6, 6.07) is 11.1. The van der Waals surface area contributed by atoms with Crippen LogP contribution in [0.5, 0.6) is 0 Å². The molecule has 0 unspecified atom stereocenters. The lowest BCUT2D eigenvalue weighted by atomic mass is 10.1. The molecule has 0 bridgehead atoms. The Morgan fingerprint density at radius 1 is 1.00 bits per heavy atom. The molecule has 1 fully saturated rings. The summed E-state index contributed by atoms with van der Waals surface area (Å²) >= 11 is 11.9. The summed E-state index contributed by atoms with van der Waals surface area (Å²) in [4.78, 5) is 27.5. The number of hydrogen-bond donors (Lipinski definition) is 1. The molecule has 0 atom stereocenters. The molecule has 1 aliphatic rings. The maximum absolute atomic E-state index is 12.7. The Hall–Kier alpha value is -2.50. The zero-order valence-corrected chi connectivity index (χ0v) is 14.2. The molecular formula is C17H13Cl2N3O2. The van der Waals surface area contributed by atoms with Crippen molar-refractivity contribution in [3.05, 3.63) is 63.8 Å². The highest BCUT2D eigenvalue weighted by atomic mass is 35.5. The Labute approximate surface area is 148 Å². The Balaban J connectivity index is 2.01. The number of carbonyl (C=O) groups excluding carboxylic acids is 2. The molecule has 1 aliphatic heterocycles. The van der Waals surface area contributed by atoms with Crippen LogP contribution in [0.4, 0.5) is 16.2 Å². The molecule has 7 heteroatoms. The van der Waals surface area contributed by atoms with E-state index in [2.05, 4.69) is 0 Å². The molecule has 1 heterocycles. The predicted molar refractivity (Wildman–Crippen MR) is 95.9 cm³/mol. The summed E-state index contributed by atoms with van der Waals surface area (Å²) in [7, 11) is 1.54. The Kier molecular flexibility index (Phi) is 4.22. The van der Waals surface area contributed by atoms with Gasteiger partial charge in [-0.15, -0.1) is 0 Å². The molecule has 3 amide bonds. The first-order valence-electron chi connectivity index (χ1n) is 7.02. The van der Waals surface area contributed by atoms with Gasteiger partial charge in [-0.05, 0) is 42.0 Å². The third-order valence-corrected chi connectivity index (χ3v) is 4.04. The molecule has 0 aromatic heterocycles. The number of nitrogen functional groups attached to an aromatic ring is 1. The molecule has 2 aromatic carbocycles. The summed E-state index contributed by atoms with van der Waals surface area (Å²) < 4.78 is 0. The Morgan fingerprint density at radius 3 is 2.17 bits per heavy atom. The SMILES string of the molecule is CN1C(=O)N(c2cc(Cl)cc(Cl)c2)C(=O)/C1=C\c1ccc(N)cc1. The van der Waals surface area contributed by atoms with Gasteiger partial charge in [0.1, 0.15) is 5.70 Å². The van der Waals surface area contributed by atoms with Crippen molar-refractivity contribution in [3.8, 4) is 0 Å². The fourth-order valence-corrected chi connectivity index (χ4v) is 2.92. The Morgan fingerprint density at radius 2 is 1.58 bits per heavy atom. The molecule has 3 rings (SSSR count). The second-order valence-corrected chi connectivity index (χ2v) is 6.18. The zero-order chi connectivity index (χ0) is 17.4. The number of halogens is 2. The fourth-order valence-electron chi connectivity index (χ4n) is 2.40. The van der Waals surface area contributed by atoms with E-state index in [1.54, 1.807) is 30.3 Å². The van der Waals surface area contributed by atoms with Crippen LogP contribution in [0.2, 0.25) is 10.0 Å². The van der Waals surface area contributed by atoms with E-state index in [4.69, 9.17) is 28.9 Å². The highest BCUT2D eigenvalue weighted by Gasteiger charge is 2.40. The van der Waals surface area contributed by atoms with Gasteiger partial charge in [0.2, 0.25) is 0 Å². The van der Waals surface area contributed by atoms with Crippen molar-refractivity contribution in [2.75, 3.05) is 17.7 Å². The van der Waals surface area contributed by atoms with Crippen LogP contribution in [-0.4, -0.2) is 23.9 Å². The lowest BCUT2D eigenvalue weighted by molar-refractivity contribution is -0.114. The zero-order valence-electron chi connectivity index (χ0n) is 12.7. The number of nitrogens with two attached hydrogens (primary N) is 1. The van der Waals surface area contributed by atoms with Crippen LogP contribution in [0.25, 0.3) is 6.08 Å². The predicted octanol–water partition coefficient (Wildman–Crippen LogP) is 4.02. The van der Waals surface area contributed by atoms with Crippen LogP contribution in [0.3, 0.4) is 0 Å². The topological polar surface area (TPSA) is 66.6 Å². The molecule has 0 saturated carbocycles. The summed E-state index contributed by atoms with van der Waals surface area (Å²) in [5.41, 5.74) is 7.61. The lowest BCUT2D eigenvalue weighted by Gasteiger charge is -2.14. The number of hydrogen-bond acceptors (Lipinski definition) is 3. The lowest BCUT2D eigenvalue weighted by Crippen LogP contribution is -2.31. The monoisotopic (exact) mass is 361 g/mol. The van der Waals surface area contributed by atoms with Crippen LogP contribution in [0, 0.1) is 0 Å². The number of amides is 3. The molecule has 5 nitrogen and oxygen atoms in total. The van der Waals surface area contributed by atoms with Crippen LogP contribution >= 0.6 is 23.2 Å². The van der Waals surface area contributed by atoms with Gasteiger partial charge in [-0.3, -0.25) is 9.69 Å². The summed E-state index contributed by atoms with van der Waals surface area (Å²) in [6.07, 6.45) is 1.63. The third kappa shape index (κ3) is 2.96. The number of imide groups is 1. The van der Waals surface area contributed by atoms with Crippen molar-refractivity contribution >= 4 is 52.6 Å². The maximum Gasteiger partial charge on any atom is 0.336 e. The van der Waals surface area contributed by atoms with Gasteiger partial charge >= 0.3 is 6.03 Å². The molecule has 2 aromatic rings. The van der Waals surface area contributed by atoms with Crippen LogP contribution in [0.1, 0.15) is 5.56 Å². The molecule has 0 spiro atoms. The third-order valence-electron chi connectivity index (χ3n) is 3.61. The van der Waals surface area contributed by atoms with E-state index in [0.717, 1.165) is 10.5 Å². The summed E-state index contributed by atoms with van der Waals surface area (Å²) in [5.74, 6) is -0.447. The largest absolute Gasteiger partial charge is 0.399 e. The molecule has 0 radical (unpaired) electrons. The van der Waals surface area contributed by atoms with E-state index in [9.17, 15) is 9.59 Å². The summed E-state index contributed by atoms with van der Waals surface area (Å²) in [6.45, 7) is 0. The van der Waals surface area contributed by atoms with Gasteiger partial charge in [0.25, 0.3) is 5.91 Å². The summed E-state index contributed by atoms with van der Waals surface area (Å²) in [5, 5.41) is 0.688. The van der Waals surface area contributed by atoms with E-state index in [1.807, 2.05) is 0 Å². The van der Waals surface area contributed by atoms with Crippen molar-refractivity contribution in [2.45, 2.75) is 0 Å². The standard InChI is InChI=1S/C17H13Cl2N3O2/c1-21-15(6-10-2-4-13(20)5-3-10)16(23)22(17(21)24)14-8-11(18)7-12(19)9-14/h2-9H,20H2,1H3/b15-6+. The quantitative estimate of drug-likeness (QED) is 0.499. The molecule has 2 N–H and O–H groups in total. The minimum absolute atomic E-state index is 0.251. The van der Waals surface area contributed by atoms with Crippen molar-refractivity contribution in [3.63, 3.8) is 0 Å². The van der Waals surface area contributed by atoms with Gasteiger partial charge in [0.05, 0.1) is 5.69 Å². The first-order chi connectivity index (χ1) is 11.4. The van der Waals surface area contributed by atoms with E-state index < -0.39 is 11.9 Å². The number of carbonyl (C=O) groups is 2. The first-order valence-corrected chi connectivity index (χ1v) is 7.78. The Bertz CT molecular complexity index is 842. The number of anilines is 2. The van der Waals surface area contributed by atoms with Crippen molar-refractivity contribution in [1.29, 1.82) is 0 Å². The smallest absolute Gasteiger partial charge is 0.336 e. The molecule has 0 aliphatic carbocycles. The highest BCUT2D eigenvalue weighted by Crippen LogP contribution is 2.31. The average molecular weight is 362 g/mol. The van der Waals surface area contributed by atoms with Gasteiger partial charge in [0, 0.05) is 22.8 Å². The van der Waals surface area contributed by atoms with Gasteiger partial charge in [0.15, 0.2) is 0 Å². The van der Waals surface area contributed by atoms with E-state index >= 15 is 0 Å². The maximum atomic E-state index is 12.7. The van der Waals surface area contributed by atoms with Gasteiger partial charge in [-0.2, -0.15) is 0 Å². The first kappa shape index (κ1) is 16.4. The van der Waals surface area contributed by atoms with E-state index in [1.165, 1.54) is 30.1 Å². The second-order valence-electron chi connectivity index (χ2n) is 5.31. The van der Waals surface area contributed by atoms with Crippen molar-refractivity contribution in [2.24, 2.45) is 0 Å². The van der Waals surface area contributed by atoms with Crippen molar-refractivity contribution < 1.29 is 9.59 Å². The molecule has 1 saturated heterocycles. The minimum Gasteiger partial charge on any atom is -0.399 e. The van der Waals surface area contributed by atoms with Crippen molar-refractivity contribution in [1.82, 2.24) is 4.90 Å². The number of rotatable bonds is 2. The number of urea groups is 1. The van der Waals surface area contributed by atoms with E-state index in [-0.39, 0.29) is 5.70 Å². The van der Waals surface area contributed by atoms with Crippen LogP contribution < -0.4 is 10.6 Å². The molecule has 24 heavy (non-hydrogen) atoms. The second kappa shape index (κ2) is 6.19. The molecule has 122 valence electrons. The van der Waals surface area contributed by atoms with Gasteiger partial charge in [-0.25, -0.2) is 9.69 Å². The fraction of sp³-hybridized carbons (Fsp3) is 0.0588. The average Bonchev–Trinajstić information content (AvgIpc) is 2.72. The van der Waals surface area contributed by atoms with Gasteiger partial charge in [-0.1, -0.05) is 35.3 Å². The van der Waals surface area contributed by atoms with Gasteiger partial charge < -0.3 is 5.73 Å². The number of likely N-dealkylation sites (N-methyl/N-ethyl adjacent to an activating group) is 1. The van der Waals surface area contributed by atoms with Crippen LogP contribution in [-0.2, 0) is 4.79 Å². The number of nitrogens with zero attached hydrogens (tertiary/aromatic N) is 2. The number of benzene rings is 2. The molecular weight excluding hydrogens is 349 g/mol. The minimum atomic E-state index is -0.472. The normalized spacial score (nSPS) is 16.4. The van der Waals surface area contributed by atoms with Crippen LogP contribution in [0.15, 0.2) is 48.2 Å². The van der Waals surface area contributed by atoms with E-state index in [0.29, 0.717) is 21.4 Å². The highest BCUT2D eigenvalue weighted by molar-refractivity contribution is 6.36.